The Morgan fingerprint density at radius 2 is 1.66 bits per heavy atom. The van der Waals surface area contributed by atoms with Gasteiger partial charge in [-0.25, -0.2) is 27.2 Å². The summed E-state index contributed by atoms with van der Waals surface area (Å²) in [7, 11) is -3.62. The maximum absolute atomic E-state index is 14.3. The fraction of sp³-hybridized carbons (Fsp3) is 0.0741. The molecular formula is C27H19F2N3O2S. The summed E-state index contributed by atoms with van der Waals surface area (Å²) in [6, 6.07) is 17.2. The lowest BCUT2D eigenvalue weighted by molar-refractivity contribution is 0.589. The fourth-order valence-electron chi connectivity index (χ4n) is 4.10. The third kappa shape index (κ3) is 4.40. The number of pyridine rings is 1. The molecule has 5 aromatic rings. The molecule has 0 N–H and O–H groups in total. The molecule has 0 saturated heterocycles. The van der Waals surface area contributed by atoms with Gasteiger partial charge in [0.1, 0.15) is 18.0 Å². The third-order valence-corrected chi connectivity index (χ3v) is 7.46. The first-order valence-corrected chi connectivity index (χ1v) is 12.4. The molecular weight excluding hydrogens is 468 g/mol. The van der Waals surface area contributed by atoms with Crippen molar-refractivity contribution < 1.29 is 17.2 Å². The first-order valence-electron chi connectivity index (χ1n) is 10.8. The van der Waals surface area contributed by atoms with Crippen LogP contribution in [0.15, 0.2) is 90.3 Å². The van der Waals surface area contributed by atoms with Crippen LogP contribution in [0.4, 0.5) is 8.78 Å². The highest BCUT2D eigenvalue weighted by Gasteiger charge is 2.18. The molecule has 0 saturated carbocycles. The van der Waals surface area contributed by atoms with Crippen molar-refractivity contribution in [2.75, 3.05) is 0 Å². The summed E-state index contributed by atoms with van der Waals surface area (Å²) in [5.74, 6) is -1.49. The van der Waals surface area contributed by atoms with Crippen LogP contribution in [0.2, 0.25) is 0 Å². The molecule has 2 aromatic heterocycles. The highest BCUT2D eigenvalue weighted by atomic mass is 32.2. The molecule has 0 aliphatic carbocycles. The van der Waals surface area contributed by atoms with Crippen LogP contribution in [0.1, 0.15) is 11.3 Å². The minimum Gasteiger partial charge on any atom is -0.256 e. The molecule has 3 aromatic carbocycles. The van der Waals surface area contributed by atoms with Crippen molar-refractivity contribution in [3.8, 4) is 22.4 Å². The summed E-state index contributed by atoms with van der Waals surface area (Å²) >= 11 is 0. The van der Waals surface area contributed by atoms with Crippen molar-refractivity contribution >= 4 is 20.6 Å². The Hall–Kier alpha value is -4.04. The van der Waals surface area contributed by atoms with E-state index in [9.17, 15) is 17.2 Å². The zero-order valence-corrected chi connectivity index (χ0v) is 19.4. The fourth-order valence-corrected chi connectivity index (χ4v) is 5.41. The van der Waals surface area contributed by atoms with Crippen molar-refractivity contribution in [3.63, 3.8) is 0 Å². The largest absolute Gasteiger partial charge is 0.256 e. The second kappa shape index (κ2) is 8.96. The van der Waals surface area contributed by atoms with E-state index < -0.39 is 21.5 Å². The van der Waals surface area contributed by atoms with Crippen molar-refractivity contribution in [3.05, 3.63) is 108 Å². The summed E-state index contributed by atoms with van der Waals surface area (Å²) in [5.41, 5.74) is 2.99. The lowest BCUT2D eigenvalue weighted by Crippen LogP contribution is -2.06. The summed E-state index contributed by atoms with van der Waals surface area (Å²) < 4.78 is 54.4. The highest BCUT2D eigenvalue weighted by Crippen LogP contribution is 2.34. The Morgan fingerprint density at radius 3 is 2.37 bits per heavy atom. The van der Waals surface area contributed by atoms with E-state index in [1.54, 1.807) is 54.7 Å². The van der Waals surface area contributed by atoms with Crippen LogP contribution in [-0.4, -0.2) is 23.4 Å². The summed E-state index contributed by atoms with van der Waals surface area (Å²) in [5, 5.41) is 1.48. The number of hydrogen-bond donors (Lipinski definition) is 0. The van der Waals surface area contributed by atoms with Crippen LogP contribution in [-0.2, 0) is 15.6 Å². The number of halogens is 2. The number of benzene rings is 3. The first kappa shape index (κ1) is 22.7. The molecule has 0 unspecified atom stereocenters. The van der Waals surface area contributed by atoms with Gasteiger partial charge in [0.15, 0.2) is 9.84 Å². The predicted molar refractivity (Wildman–Crippen MR) is 130 cm³/mol. The van der Waals surface area contributed by atoms with Gasteiger partial charge in [0.2, 0.25) is 0 Å². The smallest absolute Gasteiger partial charge is 0.184 e. The number of aromatic nitrogens is 3. The highest BCUT2D eigenvalue weighted by molar-refractivity contribution is 7.90. The average Bonchev–Trinajstić information content (AvgIpc) is 2.84. The van der Waals surface area contributed by atoms with E-state index in [0.29, 0.717) is 22.3 Å². The first-order chi connectivity index (χ1) is 16.8. The van der Waals surface area contributed by atoms with Crippen LogP contribution >= 0.6 is 0 Å². The molecule has 5 rings (SSSR count). The maximum Gasteiger partial charge on any atom is 0.184 e. The Morgan fingerprint density at radius 1 is 0.857 bits per heavy atom. The summed E-state index contributed by atoms with van der Waals surface area (Å²) in [4.78, 5) is 12.5. The van der Waals surface area contributed by atoms with Crippen LogP contribution in [0, 0.1) is 18.6 Å². The van der Waals surface area contributed by atoms with E-state index in [0.717, 1.165) is 16.5 Å². The minimum atomic E-state index is -3.62. The van der Waals surface area contributed by atoms with Gasteiger partial charge in [-0.15, -0.1) is 0 Å². The monoisotopic (exact) mass is 487 g/mol. The SMILES string of the molecule is Cc1cc(-c2c(F)cccc2F)ccc1-c1nccc2cc(S(=O)(=O)Cc3ccncn3)ccc12. The van der Waals surface area contributed by atoms with Gasteiger partial charge >= 0.3 is 0 Å². The number of nitrogens with zero attached hydrogens (tertiary/aromatic N) is 3. The molecule has 0 aliphatic rings. The molecule has 35 heavy (non-hydrogen) atoms. The zero-order chi connectivity index (χ0) is 24.6. The molecule has 0 fully saturated rings. The molecule has 0 aliphatic heterocycles. The Kier molecular flexibility index (Phi) is 5.82. The average molecular weight is 488 g/mol. The molecule has 5 nitrogen and oxygen atoms in total. The van der Waals surface area contributed by atoms with E-state index in [1.807, 2.05) is 6.92 Å². The summed E-state index contributed by atoms with van der Waals surface area (Å²) in [6.07, 6.45) is 4.43. The van der Waals surface area contributed by atoms with Crippen molar-refractivity contribution in [1.82, 2.24) is 15.0 Å². The van der Waals surface area contributed by atoms with Crippen molar-refractivity contribution in [2.45, 2.75) is 17.6 Å². The second-order valence-electron chi connectivity index (χ2n) is 8.13. The van der Waals surface area contributed by atoms with Gasteiger partial charge in [-0.05, 0) is 59.8 Å². The second-order valence-corrected chi connectivity index (χ2v) is 10.1. The quantitative estimate of drug-likeness (QED) is 0.308. The van der Waals surface area contributed by atoms with Gasteiger partial charge in [-0.3, -0.25) is 4.98 Å². The minimum absolute atomic E-state index is 0.0773. The Labute approximate surface area is 201 Å². The number of rotatable bonds is 5. The van der Waals surface area contributed by atoms with Crippen LogP contribution in [0.3, 0.4) is 0 Å². The van der Waals surface area contributed by atoms with Crippen molar-refractivity contribution in [2.24, 2.45) is 0 Å². The van der Waals surface area contributed by atoms with Gasteiger partial charge in [0.25, 0.3) is 0 Å². The van der Waals surface area contributed by atoms with E-state index >= 15 is 0 Å². The van der Waals surface area contributed by atoms with Crippen LogP contribution in [0.25, 0.3) is 33.2 Å². The normalized spacial score (nSPS) is 11.6. The van der Waals surface area contributed by atoms with Gasteiger partial charge in [0, 0.05) is 23.3 Å². The number of hydrogen-bond acceptors (Lipinski definition) is 5. The molecule has 0 amide bonds. The van der Waals surface area contributed by atoms with E-state index in [1.165, 1.54) is 30.7 Å². The standard InChI is InChI=1S/C27H19F2N3O2S/c1-17-13-19(26-24(28)3-2-4-25(26)29)5-7-22(17)27-23-8-6-21(14-18(23)9-12-31-27)35(33,34)15-20-10-11-30-16-32-20/h2-14,16H,15H2,1H3. The molecule has 0 bridgehead atoms. The number of sulfone groups is 1. The molecule has 174 valence electrons. The predicted octanol–water partition coefficient (Wildman–Crippen LogP) is 5.92. The van der Waals surface area contributed by atoms with E-state index in [-0.39, 0.29) is 16.2 Å². The lowest BCUT2D eigenvalue weighted by atomic mass is 9.95. The van der Waals surface area contributed by atoms with Crippen molar-refractivity contribution in [1.29, 1.82) is 0 Å². The number of aryl methyl sites for hydroxylation is 1. The third-order valence-electron chi connectivity index (χ3n) is 5.81. The van der Waals surface area contributed by atoms with E-state index in [4.69, 9.17) is 0 Å². The van der Waals surface area contributed by atoms with Gasteiger partial charge in [-0.1, -0.05) is 30.3 Å². The topological polar surface area (TPSA) is 72.8 Å². The number of fused-ring (bicyclic) bond motifs is 1. The van der Waals surface area contributed by atoms with Crippen LogP contribution in [0.5, 0.6) is 0 Å². The zero-order valence-electron chi connectivity index (χ0n) is 18.6. The van der Waals surface area contributed by atoms with Gasteiger partial charge in [0.05, 0.1) is 27.6 Å². The maximum atomic E-state index is 14.3. The molecule has 2 heterocycles. The van der Waals surface area contributed by atoms with Gasteiger partial charge < -0.3 is 0 Å². The molecule has 0 spiro atoms. The lowest BCUT2D eigenvalue weighted by Gasteiger charge is -2.13. The molecule has 0 radical (unpaired) electrons. The van der Waals surface area contributed by atoms with Crippen LogP contribution < -0.4 is 0 Å². The summed E-state index contributed by atoms with van der Waals surface area (Å²) in [6.45, 7) is 1.85. The Bertz CT molecular complexity index is 1650. The molecule has 0 atom stereocenters. The van der Waals surface area contributed by atoms with E-state index in [2.05, 4.69) is 15.0 Å². The Balaban J connectivity index is 1.55. The molecule has 8 heteroatoms. The van der Waals surface area contributed by atoms with Gasteiger partial charge in [-0.2, -0.15) is 0 Å².